The molecule has 3 N–H and O–H groups in total. The standard InChI is InChI=1S/C28H34N2O9/c1-14(15(2)31)29-26(35)16(3)37-21(33)7-8-22(34)38-19-9-10-28(36)20-13-17-5-6-18(32)24-23(17)27(28,25(19)39-24)11-12-30(20)4/h5-6,9,14,16,20,25,32,36H,7-8,10-13H2,1-4H3,(H,29,35)/t14-,16-,20+,25-,27-,28+/m0/s1. The Labute approximate surface area is 226 Å². The molecule has 2 bridgehead atoms. The molecular formula is C28H34N2O9. The van der Waals surface area contributed by atoms with E-state index in [0.29, 0.717) is 25.1 Å². The van der Waals surface area contributed by atoms with Gasteiger partial charge in [-0.25, -0.2) is 0 Å². The number of ketones is 1. The summed E-state index contributed by atoms with van der Waals surface area (Å²) in [5.41, 5.74) is -0.268. The molecule has 1 amide bonds. The fourth-order valence-corrected chi connectivity index (χ4v) is 6.57. The van der Waals surface area contributed by atoms with Gasteiger partial charge in [0.1, 0.15) is 5.76 Å². The summed E-state index contributed by atoms with van der Waals surface area (Å²) in [4.78, 5) is 50.6. The summed E-state index contributed by atoms with van der Waals surface area (Å²) in [5.74, 6) is -1.76. The largest absolute Gasteiger partial charge is 0.504 e. The van der Waals surface area contributed by atoms with Gasteiger partial charge in [0.2, 0.25) is 0 Å². The van der Waals surface area contributed by atoms with Gasteiger partial charge < -0.3 is 34.6 Å². The van der Waals surface area contributed by atoms with Gasteiger partial charge in [-0.3, -0.25) is 19.2 Å². The number of phenols is 1. The molecule has 1 aromatic carbocycles. The first-order valence-electron chi connectivity index (χ1n) is 13.2. The topological polar surface area (TPSA) is 152 Å². The van der Waals surface area contributed by atoms with Crippen LogP contribution in [0.3, 0.4) is 0 Å². The highest BCUT2D eigenvalue weighted by molar-refractivity contribution is 5.90. The van der Waals surface area contributed by atoms with Gasteiger partial charge in [0.15, 0.2) is 29.5 Å². The fraction of sp³-hybridized carbons (Fsp3) is 0.571. The minimum atomic E-state index is -1.17. The zero-order valence-corrected chi connectivity index (χ0v) is 22.5. The van der Waals surface area contributed by atoms with Gasteiger partial charge in [-0.2, -0.15) is 0 Å². The number of piperidine rings is 1. The van der Waals surface area contributed by atoms with Crippen LogP contribution in [0.1, 0.15) is 57.6 Å². The molecule has 1 saturated heterocycles. The molecule has 0 unspecified atom stereocenters. The Morgan fingerprint density at radius 3 is 2.64 bits per heavy atom. The zero-order chi connectivity index (χ0) is 28.3. The molecule has 0 aromatic heterocycles. The zero-order valence-electron chi connectivity index (χ0n) is 22.5. The molecule has 1 spiro atoms. The summed E-state index contributed by atoms with van der Waals surface area (Å²) < 4.78 is 17.0. The smallest absolute Gasteiger partial charge is 0.311 e. The number of ether oxygens (including phenoxy) is 3. The van der Waals surface area contributed by atoms with E-state index in [-0.39, 0.29) is 42.6 Å². The van der Waals surface area contributed by atoms with E-state index >= 15 is 0 Å². The molecule has 6 atom stereocenters. The van der Waals surface area contributed by atoms with Crippen molar-refractivity contribution in [3.8, 4) is 11.5 Å². The maximum atomic E-state index is 12.8. The van der Waals surface area contributed by atoms with Crippen LogP contribution >= 0.6 is 0 Å². The first-order chi connectivity index (χ1) is 18.4. The summed E-state index contributed by atoms with van der Waals surface area (Å²) in [5, 5.41) is 25.2. The third-order valence-corrected chi connectivity index (χ3v) is 8.76. The molecule has 1 aromatic rings. The Balaban J connectivity index is 1.27. The molecule has 39 heavy (non-hydrogen) atoms. The summed E-state index contributed by atoms with van der Waals surface area (Å²) in [6.45, 7) is 4.94. The van der Waals surface area contributed by atoms with E-state index in [1.807, 2.05) is 13.1 Å². The van der Waals surface area contributed by atoms with Crippen molar-refractivity contribution in [3.05, 3.63) is 35.1 Å². The molecule has 11 nitrogen and oxygen atoms in total. The highest BCUT2D eigenvalue weighted by atomic mass is 16.6. The van der Waals surface area contributed by atoms with Crippen molar-refractivity contribution in [2.45, 2.75) is 88.2 Å². The van der Waals surface area contributed by atoms with Gasteiger partial charge in [0, 0.05) is 18.0 Å². The number of rotatable bonds is 8. The lowest BCUT2D eigenvalue weighted by Gasteiger charge is -2.61. The summed E-state index contributed by atoms with van der Waals surface area (Å²) in [7, 11) is 1.99. The lowest BCUT2D eigenvalue weighted by molar-refractivity contribution is -0.169. The maximum Gasteiger partial charge on any atom is 0.311 e. The molecule has 0 saturated carbocycles. The van der Waals surface area contributed by atoms with Crippen LogP contribution in [-0.2, 0) is 40.5 Å². The van der Waals surface area contributed by atoms with Gasteiger partial charge in [0.05, 0.1) is 29.9 Å². The van der Waals surface area contributed by atoms with Crippen LogP contribution in [-0.4, -0.2) is 82.2 Å². The van der Waals surface area contributed by atoms with Gasteiger partial charge in [-0.05, 0) is 64.9 Å². The number of phenolic OH excluding ortho intramolecular Hbond substituents is 1. The van der Waals surface area contributed by atoms with Crippen molar-refractivity contribution >= 4 is 23.6 Å². The Bertz CT molecular complexity index is 1280. The number of aromatic hydroxyl groups is 1. The Kier molecular flexibility index (Phi) is 6.70. The van der Waals surface area contributed by atoms with Crippen molar-refractivity contribution in [1.29, 1.82) is 0 Å². The van der Waals surface area contributed by atoms with Crippen LogP contribution in [0.4, 0.5) is 0 Å². The second kappa shape index (κ2) is 9.63. The van der Waals surface area contributed by atoms with Crippen molar-refractivity contribution in [3.63, 3.8) is 0 Å². The van der Waals surface area contributed by atoms with Gasteiger partial charge >= 0.3 is 11.9 Å². The summed E-state index contributed by atoms with van der Waals surface area (Å²) >= 11 is 0. The van der Waals surface area contributed by atoms with E-state index in [0.717, 1.165) is 11.1 Å². The molecule has 11 heteroatoms. The third kappa shape index (κ3) is 4.19. The number of hydrogen-bond donors (Lipinski definition) is 3. The number of esters is 2. The van der Waals surface area contributed by atoms with Crippen LogP contribution in [0.25, 0.3) is 0 Å². The maximum absolute atomic E-state index is 12.8. The minimum absolute atomic E-state index is 0.0264. The third-order valence-electron chi connectivity index (χ3n) is 8.76. The summed E-state index contributed by atoms with van der Waals surface area (Å²) in [6.07, 6.45) is 0.518. The fourth-order valence-electron chi connectivity index (χ4n) is 6.57. The average Bonchev–Trinajstić information content (AvgIpc) is 3.24. The number of hydrogen-bond acceptors (Lipinski definition) is 10. The first kappa shape index (κ1) is 27.1. The number of Topliss-reactive ketones (excluding diaryl/α,β-unsaturated/α-hetero) is 1. The van der Waals surface area contributed by atoms with Crippen molar-refractivity contribution in [2.75, 3.05) is 13.6 Å². The lowest BCUT2D eigenvalue weighted by Crippen LogP contribution is -2.74. The molecule has 210 valence electrons. The quantitative estimate of drug-likeness (QED) is 0.406. The van der Waals surface area contributed by atoms with Crippen molar-refractivity contribution in [1.82, 2.24) is 10.2 Å². The molecule has 2 aliphatic heterocycles. The lowest BCUT2D eigenvalue weighted by atomic mass is 9.50. The minimum Gasteiger partial charge on any atom is -0.504 e. The van der Waals surface area contributed by atoms with Crippen LogP contribution in [0.5, 0.6) is 11.5 Å². The van der Waals surface area contributed by atoms with Crippen LogP contribution < -0.4 is 10.1 Å². The molecule has 4 aliphatic rings. The second-order valence-corrected chi connectivity index (χ2v) is 11.0. The number of amides is 1. The van der Waals surface area contributed by atoms with Crippen molar-refractivity contribution < 1.29 is 43.6 Å². The van der Waals surface area contributed by atoms with Gasteiger partial charge in [-0.1, -0.05) is 6.07 Å². The van der Waals surface area contributed by atoms with Crippen LogP contribution in [0, 0.1) is 0 Å². The molecule has 2 heterocycles. The SMILES string of the molecule is CC(=O)[C@H](C)NC(=O)[C@H](C)OC(=O)CCC(=O)OC1=CC[C@@]2(O)[C@H]3Cc4ccc(O)c5c4[C@@]2(CCN3C)[C@H]1O5. The highest BCUT2D eigenvalue weighted by Crippen LogP contribution is 2.65. The average molecular weight is 543 g/mol. The van der Waals surface area contributed by atoms with Crippen LogP contribution in [0.2, 0.25) is 0 Å². The van der Waals surface area contributed by atoms with E-state index in [2.05, 4.69) is 10.2 Å². The monoisotopic (exact) mass is 542 g/mol. The van der Waals surface area contributed by atoms with E-state index < -0.39 is 47.1 Å². The van der Waals surface area contributed by atoms with E-state index in [1.54, 1.807) is 12.1 Å². The number of nitrogens with one attached hydrogen (secondary N) is 1. The number of carbonyl (C=O) groups excluding carboxylic acids is 4. The van der Waals surface area contributed by atoms with Gasteiger partial charge in [-0.15, -0.1) is 0 Å². The normalized spacial score (nSPS) is 29.7. The molecule has 0 radical (unpaired) electrons. The predicted molar refractivity (Wildman–Crippen MR) is 136 cm³/mol. The predicted octanol–water partition coefficient (Wildman–Crippen LogP) is 1.02. The van der Waals surface area contributed by atoms with Crippen LogP contribution in [0.15, 0.2) is 24.0 Å². The Morgan fingerprint density at radius 1 is 1.21 bits per heavy atom. The van der Waals surface area contributed by atoms with Gasteiger partial charge in [0.25, 0.3) is 5.91 Å². The molecule has 2 aliphatic carbocycles. The molecule has 5 rings (SSSR count). The summed E-state index contributed by atoms with van der Waals surface area (Å²) in [6, 6.07) is 2.58. The number of likely N-dealkylation sites (N-methyl/N-ethyl adjacent to an activating group) is 1. The van der Waals surface area contributed by atoms with E-state index in [9.17, 15) is 29.4 Å². The van der Waals surface area contributed by atoms with Crippen molar-refractivity contribution in [2.24, 2.45) is 0 Å². The van der Waals surface area contributed by atoms with E-state index in [1.165, 1.54) is 20.8 Å². The highest BCUT2D eigenvalue weighted by Gasteiger charge is 2.72. The second-order valence-electron chi connectivity index (χ2n) is 11.0. The molecule has 1 fully saturated rings. The number of aliphatic hydroxyl groups is 1. The van der Waals surface area contributed by atoms with E-state index in [4.69, 9.17) is 14.2 Å². The molecular weight excluding hydrogens is 508 g/mol. The number of carbonyl (C=O) groups is 4. The number of likely N-dealkylation sites (tertiary alicyclic amines) is 1. The Hall–Kier alpha value is -3.44. The Morgan fingerprint density at radius 2 is 1.92 bits per heavy atom. The first-order valence-corrected chi connectivity index (χ1v) is 13.2. The number of nitrogens with zero attached hydrogens (tertiary/aromatic N) is 1. The number of benzene rings is 1.